The standard InChI is InChI=1S/C11H13BrFN/c12-10-6-8(3-4-9(10)7-13)11-2-1-5-14-11/h3-4,6,11,14H,1-2,5,7H2. The summed E-state index contributed by atoms with van der Waals surface area (Å²) in [5.74, 6) is 0. The van der Waals surface area contributed by atoms with Crippen LogP contribution in [0, 0.1) is 0 Å². The van der Waals surface area contributed by atoms with E-state index in [-0.39, 0.29) is 0 Å². The zero-order valence-corrected chi connectivity index (χ0v) is 9.48. The van der Waals surface area contributed by atoms with Crippen LogP contribution in [-0.4, -0.2) is 6.54 Å². The molecule has 0 bridgehead atoms. The van der Waals surface area contributed by atoms with Gasteiger partial charge in [0.05, 0.1) is 0 Å². The summed E-state index contributed by atoms with van der Waals surface area (Å²) in [6, 6.07) is 6.36. The van der Waals surface area contributed by atoms with Gasteiger partial charge in [0.1, 0.15) is 6.67 Å². The van der Waals surface area contributed by atoms with Crippen LogP contribution in [0.15, 0.2) is 22.7 Å². The molecule has 0 radical (unpaired) electrons. The van der Waals surface area contributed by atoms with Crippen LogP contribution in [0.3, 0.4) is 0 Å². The van der Waals surface area contributed by atoms with Crippen LogP contribution >= 0.6 is 15.9 Å². The second-order valence-electron chi connectivity index (χ2n) is 3.63. The highest BCUT2D eigenvalue weighted by atomic mass is 79.9. The maximum Gasteiger partial charge on any atom is 0.116 e. The fraction of sp³-hybridized carbons (Fsp3) is 0.455. The molecular weight excluding hydrogens is 245 g/mol. The molecule has 1 N–H and O–H groups in total. The summed E-state index contributed by atoms with van der Waals surface area (Å²) < 4.78 is 13.3. The third-order valence-electron chi connectivity index (χ3n) is 2.68. The van der Waals surface area contributed by atoms with E-state index in [1.54, 1.807) is 0 Å². The summed E-state index contributed by atoms with van der Waals surface area (Å²) in [4.78, 5) is 0. The molecule has 1 nitrogen and oxygen atoms in total. The van der Waals surface area contributed by atoms with Crippen molar-refractivity contribution >= 4 is 15.9 Å². The highest BCUT2D eigenvalue weighted by molar-refractivity contribution is 9.10. The smallest absolute Gasteiger partial charge is 0.116 e. The summed E-state index contributed by atoms with van der Waals surface area (Å²) in [6.45, 7) is 0.687. The molecule has 0 aliphatic carbocycles. The van der Waals surface area contributed by atoms with Gasteiger partial charge in [-0.15, -0.1) is 0 Å². The van der Waals surface area contributed by atoms with E-state index in [2.05, 4.69) is 21.2 Å². The quantitative estimate of drug-likeness (QED) is 0.857. The van der Waals surface area contributed by atoms with Gasteiger partial charge in [0.15, 0.2) is 0 Å². The normalized spacial score (nSPS) is 21.4. The molecule has 1 aromatic carbocycles. The van der Waals surface area contributed by atoms with Crippen molar-refractivity contribution in [1.29, 1.82) is 0 Å². The van der Waals surface area contributed by atoms with Gasteiger partial charge in [-0.3, -0.25) is 0 Å². The van der Waals surface area contributed by atoms with E-state index in [4.69, 9.17) is 0 Å². The monoisotopic (exact) mass is 257 g/mol. The van der Waals surface area contributed by atoms with Crippen LogP contribution in [0.5, 0.6) is 0 Å². The molecule has 3 heteroatoms. The van der Waals surface area contributed by atoms with E-state index >= 15 is 0 Å². The van der Waals surface area contributed by atoms with Gasteiger partial charge in [-0.25, -0.2) is 4.39 Å². The van der Waals surface area contributed by atoms with Gasteiger partial charge in [-0.1, -0.05) is 28.1 Å². The third-order valence-corrected chi connectivity index (χ3v) is 3.42. The molecule has 1 aliphatic rings. The summed E-state index contributed by atoms with van der Waals surface area (Å²) in [5, 5.41) is 3.42. The molecule has 2 rings (SSSR count). The van der Waals surface area contributed by atoms with E-state index < -0.39 is 6.67 Å². The number of nitrogens with one attached hydrogen (secondary N) is 1. The number of rotatable bonds is 2. The van der Waals surface area contributed by atoms with Gasteiger partial charge in [-0.2, -0.15) is 0 Å². The Morgan fingerprint density at radius 3 is 2.93 bits per heavy atom. The summed E-state index contributed by atoms with van der Waals surface area (Å²) >= 11 is 3.39. The Hall–Kier alpha value is -0.410. The van der Waals surface area contributed by atoms with Crippen molar-refractivity contribution < 1.29 is 4.39 Å². The Morgan fingerprint density at radius 1 is 1.50 bits per heavy atom. The Balaban J connectivity index is 2.23. The lowest BCUT2D eigenvalue weighted by Gasteiger charge is -2.11. The van der Waals surface area contributed by atoms with Crippen molar-refractivity contribution in [2.45, 2.75) is 25.6 Å². The van der Waals surface area contributed by atoms with Crippen molar-refractivity contribution in [2.75, 3.05) is 6.54 Å². The van der Waals surface area contributed by atoms with E-state index in [0.717, 1.165) is 16.6 Å². The fourth-order valence-electron chi connectivity index (χ4n) is 1.86. The van der Waals surface area contributed by atoms with E-state index in [1.807, 2.05) is 18.2 Å². The maximum absolute atomic E-state index is 12.4. The number of hydrogen-bond donors (Lipinski definition) is 1. The van der Waals surface area contributed by atoms with Crippen LogP contribution in [0.4, 0.5) is 4.39 Å². The Labute approximate surface area is 91.8 Å². The van der Waals surface area contributed by atoms with Gasteiger partial charge in [0, 0.05) is 10.5 Å². The number of alkyl halides is 1. The lowest BCUT2D eigenvalue weighted by Crippen LogP contribution is -2.12. The highest BCUT2D eigenvalue weighted by Gasteiger charge is 2.16. The summed E-state index contributed by atoms with van der Waals surface area (Å²) in [5.41, 5.74) is 1.98. The minimum atomic E-state index is -0.404. The average molecular weight is 258 g/mol. The average Bonchev–Trinajstić information content (AvgIpc) is 2.70. The van der Waals surface area contributed by atoms with E-state index in [0.29, 0.717) is 6.04 Å². The second-order valence-corrected chi connectivity index (χ2v) is 4.49. The van der Waals surface area contributed by atoms with Gasteiger partial charge in [0.2, 0.25) is 0 Å². The predicted molar refractivity (Wildman–Crippen MR) is 58.9 cm³/mol. The molecule has 1 aliphatic heterocycles. The van der Waals surface area contributed by atoms with Gasteiger partial charge in [-0.05, 0) is 36.6 Å². The molecule has 1 saturated heterocycles. The van der Waals surface area contributed by atoms with Crippen LogP contribution in [0.2, 0.25) is 0 Å². The molecule has 1 heterocycles. The molecule has 1 aromatic rings. The largest absolute Gasteiger partial charge is 0.310 e. The van der Waals surface area contributed by atoms with Crippen molar-refractivity contribution in [2.24, 2.45) is 0 Å². The molecule has 76 valence electrons. The molecule has 0 aromatic heterocycles. The second kappa shape index (κ2) is 4.41. The van der Waals surface area contributed by atoms with E-state index in [1.165, 1.54) is 18.4 Å². The zero-order valence-electron chi connectivity index (χ0n) is 7.89. The van der Waals surface area contributed by atoms with Crippen LogP contribution < -0.4 is 5.32 Å². The Morgan fingerprint density at radius 2 is 2.36 bits per heavy atom. The number of halogens is 2. The molecule has 1 unspecified atom stereocenters. The van der Waals surface area contributed by atoms with Gasteiger partial charge >= 0.3 is 0 Å². The molecule has 1 atom stereocenters. The lowest BCUT2D eigenvalue weighted by atomic mass is 10.0. The van der Waals surface area contributed by atoms with Crippen molar-refractivity contribution in [3.8, 4) is 0 Å². The molecule has 14 heavy (non-hydrogen) atoms. The minimum Gasteiger partial charge on any atom is -0.310 e. The van der Waals surface area contributed by atoms with Gasteiger partial charge in [0.25, 0.3) is 0 Å². The topological polar surface area (TPSA) is 12.0 Å². The predicted octanol–water partition coefficient (Wildman–Crippen LogP) is 3.34. The van der Waals surface area contributed by atoms with Crippen LogP contribution in [0.1, 0.15) is 30.0 Å². The fourth-order valence-corrected chi connectivity index (χ4v) is 2.36. The summed E-state index contributed by atoms with van der Waals surface area (Å²) in [7, 11) is 0. The van der Waals surface area contributed by atoms with Crippen molar-refractivity contribution in [3.05, 3.63) is 33.8 Å². The SMILES string of the molecule is FCc1ccc(C2CCCN2)cc1Br. The van der Waals surface area contributed by atoms with Crippen LogP contribution in [-0.2, 0) is 6.67 Å². The summed E-state index contributed by atoms with van der Waals surface area (Å²) in [6.07, 6.45) is 2.41. The van der Waals surface area contributed by atoms with Crippen LogP contribution in [0.25, 0.3) is 0 Å². The third kappa shape index (κ3) is 1.98. The first-order valence-electron chi connectivity index (χ1n) is 4.89. The first-order chi connectivity index (χ1) is 6.81. The highest BCUT2D eigenvalue weighted by Crippen LogP contribution is 2.27. The molecule has 0 saturated carbocycles. The molecular formula is C11H13BrFN. The van der Waals surface area contributed by atoms with Crippen molar-refractivity contribution in [3.63, 3.8) is 0 Å². The molecule has 1 fully saturated rings. The maximum atomic E-state index is 12.4. The van der Waals surface area contributed by atoms with E-state index in [9.17, 15) is 4.39 Å². The zero-order chi connectivity index (χ0) is 9.97. The first kappa shape index (κ1) is 10.1. The lowest BCUT2D eigenvalue weighted by molar-refractivity contribution is 0.483. The molecule has 0 amide bonds. The minimum absolute atomic E-state index is 0.404. The van der Waals surface area contributed by atoms with Crippen molar-refractivity contribution in [1.82, 2.24) is 5.32 Å². The first-order valence-corrected chi connectivity index (χ1v) is 5.68. The Kier molecular flexibility index (Phi) is 3.19. The number of benzene rings is 1. The molecule has 0 spiro atoms. The van der Waals surface area contributed by atoms with Gasteiger partial charge < -0.3 is 5.32 Å². The Bertz CT molecular complexity index is 321. The number of hydrogen-bond acceptors (Lipinski definition) is 1.